The van der Waals surface area contributed by atoms with Gasteiger partial charge in [0.15, 0.2) is 0 Å². The minimum Gasteiger partial charge on any atom is -0.377 e. The number of methoxy groups -OCH3 is 1. The standard InChI is InChI=1S/C11H23F3N2O/c1-6-16(8-11(12,13)14)7-9(15-4)10(2,3)17-5/h9,15H,6-8H2,1-5H3. The van der Waals surface area contributed by atoms with Crippen LogP contribution in [0.15, 0.2) is 0 Å². The van der Waals surface area contributed by atoms with Crippen molar-refractivity contribution < 1.29 is 17.9 Å². The van der Waals surface area contributed by atoms with Crippen molar-refractivity contribution in [2.24, 2.45) is 0 Å². The van der Waals surface area contributed by atoms with Crippen LogP contribution in [0.25, 0.3) is 0 Å². The third kappa shape index (κ3) is 6.24. The highest BCUT2D eigenvalue weighted by Gasteiger charge is 2.34. The zero-order valence-electron chi connectivity index (χ0n) is 11.2. The van der Waals surface area contributed by atoms with Gasteiger partial charge in [-0.05, 0) is 27.4 Å². The maximum absolute atomic E-state index is 12.3. The predicted octanol–water partition coefficient (Wildman–Crippen LogP) is 1.88. The molecule has 0 aliphatic rings. The summed E-state index contributed by atoms with van der Waals surface area (Å²) in [7, 11) is 3.29. The van der Waals surface area contributed by atoms with E-state index in [-0.39, 0.29) is 6.04 Å². The summed E-state index contributed by atoms with van der Waals surface area (Å²) >= 11 is 0. The fraction of sp³-hybridized carbons (Fsp3) is 1.00. The first kappa shape index (κ1) is 16.7. The Morgan fingerprint density at radius 3 is 2.12 bits per heavy atom. The molecule has 0 fully saturated rings. The van der Waals surface area contributed by atoms with Gasteiger partial charge in [-0.15, -0.1) is 0 Å². The summed E-state index contributed by atoms with van der Waals surface area (Å²) in [5, 5.41) is 3.01. The number of alkyl halides is 3. The number of likely N-dealkylation sites (N-methyl/N-ethyl adjacent to an activating group) is 2. The van der Waals surface area contributed by atoms with E-state index in [0.717, 1.165) is 0 Å². The fourth-order valence-corrected chi connectivity index (χ4v) is 1.62. The Bertz CT molecular complexity index is 219. The van der Waals surface area contributed by atoms with Gasteiger partial charge in [-0.2, -0.15) is 13.2 Å². The van der Waals surface area contributed by atoms with Crippen LogP contribution in [-0.2, 0) is 4.74 Å². The van der Waals surface area contributed by atoms with E-state index in [4.69, 9.17) is 4.74 Å². The summed E-state index contributed by atoms with van der Waals surface area (Å²) in [4.78, 5) is 1.36. The third-order valence-corrected chi connectivity index (χ3v) is 3.00. The van der Waals surface area contributed by atoms with E-state index in [0.29, 0.717) is 13.1 Å². The number of nitrogens with zero attached hydrogens (tertiary/aromatic N) is 1. The van der Waals surface area contributed by atoms with Crippen molar-refractivity contribution in [3.63, 3.8) is 0 Å². The quantitative estimate of drug-likeness (QED) is 0.752. The molecule has 0 aromatic carbocycles. The van der Waals surface area contributed by atoms with Crippen molar-refractivity contribution in [3.05, 3.63) is 0 Å². The van der Waals surface area contributed by atoms with E-state index >= 15 is 0 Å². The van der Waals surface area contributed by atoms with Crippen molar-refractivity contribution in [2.45, 2.75) is 38.6 Å². The Morgan fingerprint density at radius 2 is 1.82 bits per heavy atom. The molecule has 0 aromatic heterocycles. The molecule has 1 N–H and O–H groups in total. The average molecular weight is 256 g/mol. The fourth-order valence-electron chi connectivity index (χ4n) is 1.62. The van der Waals surface area contributed by atoms with Gasteiger partial charge in [0.05, 0.1) is 12.1 Å². The van der Waals surface area contributed by atoms with Crippen LogP contribution >= 0.6 is 0 Å². The van der Waals surface area contributed by atoms with Crippen molar-refractivity contribution >= 4 is 0 Å². The van der Waals surface area contributed by atoms with Crippen LogP contribution < -0.4 is 5.32 Å². The molecule has 0 rings (SSSR count). The molecule has 104 valence electrons. The molecule has 0 spiro atoms. The molecule has 1 unspecified atom stereocenters. The zero-order chi connectivity index (χ0) is 13.7. The molecular formula is C11H23F3N2O. The first-order chi connectivity index (χ1) is 7.66. The lowest BCUT2D eigenvalue weighted by Crippen LogP contribution is -2.54. The summed E-state index contributed by atoms with van der Waals surface area (Å²) in [6.07, 6.45) is -4.16. The molecule has 17 heavy (non-hydrogen) atoms. The lowest BCUT2D eigenvalue weighted by atomic mass is 9.98. The summed E-state index contributed by atoms with van der Waals surface area (Å²) < 4.78 is 42.3. The monoisotopic (exact) mass is 256 g/mol. The third-order valence-electron chi connectivity index (χ3n) is 3.00. The number of rotatable bonds is 7. The van der Waals surface area contributed by atoms with Crippen LogP contribution in [0.5, 0.6) is 0 Å². The van der Waals surface area contributed by atoms with Crippen LogP contribution in [0.2, 0.25) is 0 Å². The van der Waals surface area contributed by atoms with Crippen LogP contribution in [0.3, 0.4) is 0 Å². The van der Waals surface area contributed by atoms with Gasteiger partial charge in [-0.25, -0.2) is 0 Å². The van der Waals surface area contributed by atoms with Gasteiger partial charge in [0.2, 0.25) is 0 Å². The molecule has 6 heteroatoms. The second kappa shape index (κ2) is 6.56. The van der Waals surface area contributed by atoms with Crippen LogP contribution in [0.1, 0.15) is 20.8 Å². The Hall–Kier alpha value is -0.330. The van der Waals surface area contributed by atoms with E-state index in [9.17, 15) is 13.2 Å². The van der Waals surface area contributed by atoms with Gasteiger partial charge >= 0.3 is 6.18 Å². The lowest BCUT2D eigenvalue weighted by molar-refractivity contribution is -0.148. The number of ether oxygens (including phenoxy) is 1. The number of hydrogen-bond acceptors (Lipinski definition) is 3. The second-order valence-electron chi connectivity index (χ2n) is 4.59. The molecule has 0 aliphatic heterocycles. The molecule has 1 atom stereocenters. The van der Waals surface area contributed by atoms with Gasteiger partial charge < -0.3 is 10.1 Å². The predicted molar refractivity (Wildman–Crippen MR) is 62.1 cm³/mol. The van der Waals surface area contributed by atoms with Gasteiger partial charge in [0.25, 0.3) is 0 Å². The topological polar surface area (TPSA) is 24.5 Å². The highest BCUT2D eigenvalue weighted by Crippen LogP contribution is 2.19. The van der Waals surface area contributed by atoms with E-state index in [2.05, 4.69) is 5.32 Å². The van der Waals surface area contributed by atoms with E-state index in [1.807, 2.05) is 13.8 Å². The van der Waals surface area contributed by atoms with Crippen LogP contribution in [-0.4, -0.2) is 56.5 Å². The zero-order valence-corrected chi connectivity index (χ0v) is 11.2. The number of hydrogen-bond donors (Lipinski definition) is 1. The van der Waals surface area contributed by atoms with E-state index < -0.39 is 18.3 Å². The van der Waals surface area contributed by atoms with Gasteiger partial charge in [0, 0.05) is 19.7 Å². The summed E-state index contributed by atoms with van der Waals surface area (Å²) in [6.45, 7) is 5.20. The highest BCUT2D eigenvalue weighted by molar-refractivity contribution is 4.87. The lowest BCUT2D eigenvalue weighted by Gasteiger charge is -2.36. The molecule has 0 radical (unpaired) electrons. The average Bonchev–Trinajstić information content (AvgIpc) is 2.22. The molecule has 3 nitrogen and oxygen atoms in total. The highest BCUT2D eigenvalue weighted by atomic mass is 19.4. The maximum atomic E-state index is 12.3. The first-order valence-electron chi connectivity index (χ1n) is 5.67. The van der Waals surface area contributed by atoms with E-state index in [1.165, 1.54) is 4.90 Å². The van der Waals surface area contributed by atoms with Crippen LogP contribution in [0, 0.1) is 0 Å². The van der Waals surface area contributed by atoms with Crippen molar-refractivity contribution in [1.29, 1.82) is 0 Å². The van der Waals surface area contributed by atoms with Gasteiger partial charge in [-0.1, -0.05) is 6.92 Å². The van der Waals surface area contributed by atoms with Crippen LogP contribution in [0.4, 0.5) is 13.2 Å². The normalized spacial score (nSPS) is 15.4. The summed E-state index contributed by atoms with van der Waals surface area (Å²) in [5.41, 5.74) is -0.506. The molecular weight excluding hydrogens is 233 g/mol. The molecule has 0 bridgehead atoms. The van der Waals surface area contributed by atoms with Crippen molar-refractivity contribution in [1.82, 2.24) is 10.2 Å². The van der Waals surface area contributed by atoms with Gasteiger partial charge in [-0.3, -0.25) is 4.90 Å². The Balaban J connectivity index is 4.53. The van der Waals surface area contributed by atoms with Crippen molar-refractivity contribution in [2.75, 3.05) is 33.8 Å². The summed E-state index contributed by atoms with van der Waals surface area (Å²) in [6, 6.07) is -0.158. The van der Waals surface area contributed by atoms with E-state index in [1.54, 1.807) is 21.1 Å². The molecule has 0 saturated heterocycles. The Morgan fingerprint density at radius 1 is 1.29 bits per heavy atom. The summed E-state index contributed by atoms with van der Waals surface area (Å²) in [5.74, 6) is 0. The number of nitrogens with one attached hydrogen (secondary N) is 1. The largest absolute Gasteiger partial charge is 0.401 e. The van der Waals surface area contributed by atoms with Gasteiger partial charge in [0.1, 0.15) is 0 Å². The molecule has 0 aromatic rings. The smallest absolute Gasteiger partial charge is 0.377 e. The first-order valence-corrected chi connectivity index (χ1v) is 5.67. The molecule has 0 aliphatic carbocycles. The molecule has 0 amide bonds. The SMILES string of the molecule is CCN(CC(NC)C(C)(C)OC)CC(F)(F)F. The Labute approximate surface area is 101 Å². The molecule has 0 heterocycles. The molecule has 0 saturated carbocycles. The Kier molecular flexibility index (Phi) is 6.43. The second-order valence-corrected chi connectivity index (χ2v) is 4.59. The van der Waals surface area contributed by atoms with Crippen molar-refractivity contribution in [3.8, 4) is 0 Å². The minimum atomic E-state index is -4.16. The number of halogens is 3. The minimum absolute atomic E-state index is 0.158. The maximum Gasteiger partial charge on any atom is 0.401 e.